The zero-order chi connectivity index (χ0) is 11.4. The summed E-state index contributed by atoms with van der Waals surface area (Å²) in [6.07, 6.45) is 6.06. The van der Waals surface area contributed by atoms with E-state index >= 15 is 0 Å². The van der Waals surface area contributed by atoms with Gasteiger partial charge in [-0.25, -0.2) is 0 Å². The first kappa shape index (κ1) is 10.9. The Balaban J connectivity index is 2.00. The van der Waals surface area contributed by atoms with Crippen LogP contribution in [0.4, 0.5) is 0 Å². The minimum Gasteiger partial charge on any atom is -0.267 e. The molecule has 2 aromatic rings. The Morgan fingerprint density at radius 3 is 2.50 bits per heavy atom. The summed E-state index contributed by atoms with van der Waals surface area (Å²) in [4.78, 5) is 0. The lowest BCUT2D eigenvalue weighted by Gasteiger charge is -2.25. The molecule has 1 heterocycles. The van der Waals surface area contributed by atoms with Crippen molar-refractivity contribution in [2.75, 3.05) is 0 Å². The molecule has 0 N–H and O–H groups in total. The number of rotatable bonds is 4. The van der Waals surface area contributed by atoms with Crippen LogP contribution >= 0.6 is 0 Å². The molecule has 0 aliphatic heterocycles. The summed E-state index contributed by atoms with van der Waals surface area (Å²) in [7, 11) is 0. The van der Waals surface area contributed by atoms with Gasteiger partial charge >= 0.3 is 0 Å². The molecule has 0 bridgehead atoms. The quantitative estimate of drug-likeness (QED) is 0.764. The van der Waals surface area contributed by atoms with Gasteiger partial charge in [-0.05, 0) is 38.3 Å². The van der Waals surface area contributed by atoms with Gasteiger partial charge in [0.2, 0.25) is 0 Å². The number of benzene rings is 1. The number of aromatic nitrogens is 2. The van der Waals surface area contributed by atoms with Crippen LogP contribution < -0.4 is 0 Å². The molecule has 0 aliphatic carbocycles. The van der Waals surface area contributed by atoms with E-state index in [1.165, 1.54) is 5.56 Å². The minimum atomic E-state index is 0.0827. The van der Waals surface area contributed by atoms with E-state index in [2.05, 4.69) is 49.3 Å². The highest BCUT2D eigenvalue weighted by atomic mass is 15.3. The molecule has 2 heteroatoms. The van der Waals surface area contributed by atoms with Crippen LogP contribution in [-0.4, -0.2) is 9.78 Å². The van der Waals surface area contributed by atoms with Crippen molar-refractivity contribution < 1.29 is 0 Å². The smallest absolute Gasteiger partial charge is 0.0574 e. The molecule has 16 heavy (non-hydrogen) atoms. The van der Waals surface area contributed by atoms with E-state index in [1.54, 1.807) is 0 Å². The van der Waals surface area contributed by atoms with Crippen LogP contribution in [0, 0.1) is 0 Å². The van der Waals surface area contributed by atoms with Gasteiger partial charge in [-0.2, -0.15) is 5.10 Å². The van der Waals surface area contributed by atoms with Gasteiger partial charge in [0.05, 0.1) is 5.54 Å². The van der Waals surface area contributed by atoms with Crippen LogP contribution in [-0.2, 0) is 12.0 Å². The highest BCUT2D eigenvalue weighted by molar-refractivity contribution is 5.15. The molecule has 0 saturated carbocycles. The van der Waals surface area contributed by atoms with Gasteiger partial charge in [0, 0.05) is 12.4 Å². The molecule has 1 aromatic heterocycles. The average Bonchev–Trinajstić information content (AvgIpc) is 2.82. The van der Waals surface area contributed by atoms with E-state index in [1.807, 2.05) is 23.1 Å². The lowest BCUT2D eigenvalue weighted by molar-refractivity contribution is 0.295. The second-order valence-corrected chi connectivity index (χ2v) is 4.75. The maximum atomic E-state index is 4.32. The van der Waals surface area contributed by atoms with Crippen LogP contribution in [0.3, 0.4) is 0 Å². The number of nitrogens with zero attached hydrogens (tertiary/aromatic N) is 2. The fourth-order valence-electron chi connectivity index (χ4n) is 1.84. The predicted molar refractivity (Wildman–Crippen MR) is 66.3 cm³/mol. The van der Waals surface area contributed by atoms with Crippen molar-refractivity contribution in [3.05, 3.63) is 54.4 Å². The summed E-state index contributed by atoms with van der Waals surface area (Å²) >= 11 is 0. The van der Waals surface area contributed by atoms with Crippen molar-refractivity contribution in [1.29, 1.82) is 0 Å². The first-order valence-electron chi connectivity index (χ1n) is 5.72. The van der Waals surface area contributed by atoms with Crippen LogP contribution in [0.5, 0.6) is 0 Å². The standard InChI is InChI=1S/C14H18N2/c1-14(2,16-12-6-11-15-16)10-9-13-7-4-3-5-8-13/h3-8,11-12H,9-10H2,1-2H3. The Morgan fingerprint density at radius 1 is 1.12 bits per heavy atom. The number of hydrogen-bond acceptors (Lipinski definition) is 1. The normalized spacial score (nSPS) is 11.6. The fraction of sp³-hybridized carbons (Fsp3) is 0.357. The van der Waals surface area contributed by atoms with Crippen molar-refractivity contribution in [3.63, 3.8) is 0 Å². The van der Waals surface area contributed by atoms with E-state index in [9.17, 15) is 0 Å². The van der Waals surface area contributed by atoms with Crippen LogP contribution in [0.25, 0.3) is 0 Å². The maximum Gasteiger partial charge on any atom is 0.0574 e. The van der Waals surface area contributed by atoms with Gasteiger partial charge in [-0.1, -0.05) is 30.3 Å². The zero-order valence-corrected chi connectivity index (χ0v) is 9.93. The Bertz CT molecular complexity index is 415. The van der Waals surface area contributed by atoms with Gasteiger partial charge in [-0.3, -0.25) is 4.68 Å². The van der Waals surface area contributed by atoms with Gasteiger partial charge in [0.1, 0.15) is 0 Å². The molecule has 0 aliphatic rings. The molecule has 0 amide bonds. The average molecular weight is 214 g/mol. The molecule has 2 rings (SSSR count). The van der Waals surface area contributed by atoms with Crippen molar-refractivity contribution in [2.45, 2.75) is 32.2 Å². The Morgan fingerprint density at radius 2 is 1.88 bits per heavy atom. The van der Waals surface area contributed by atoms with E-state index in [0.29, 0.717) is 0 Å². The van der Waals surface area contributed by atoms with E-state index in [4.69, 9.17) is 0 Å². The highest BCUT2D eigenvalue weighted by Crippen LogP contribution is 2.20. The predicted octanol–water partition coefficient (Wildman–Crippen LogP) is 3.25. The topological polar surface area (TPSA) is 17.8 Å². The molecule has 2 nitrogen and oxygen atoms in total. The summed E-state index contributed by atoms with van der Waals surface area (Å²) in [6.45, 7) is 4.45. The molecule has 0 radical (unpaired) electrons. The van der Waals surface area contributed by atoms with Crippen molar-refractivity contribution in [3.8, 4) is 0 Å². The third kappa shape index (κ3) is 2.51. The highest BCUT2D eigenvalue weighted by Gasteiger charge is 2.19. The van der Waals surface area contributed by atoms with Crippen molar-refractivity contribution >= 4 is 0 Å². The maximum absolute atomic E-state index is 4.32. The zero-order valence-electron chi connectivity index (χ0n) is 9.93. The van der Waals surface area contributed by atoms with Crippen molar-refractivity contribution in [2.24, 2.45) is 0 Å². The first-order chi connectivity index (χ1) is 7.68. The SMILES string of the molecule is CC(C)(CCc1ccccc1)n1cccn1. The fourth-order valence-corrected chi connectivity index (χ4v) is 1.84. The minimum absolute atomic E-state index is 0.0827. The largest absolute Gasteiger partial charge is 0.267 e. The van der Waals surface area contributed by atoms with Gasteiger partial charge in [0.25, 0.3) is 0 Å². The van der Waals surface area contributed by atoms with Gasteiger partial charge in [0.15, 0.2) is 0 Å². The molecular formula is C14H18N2. The van der Waals surface area contributed by atoms with E-state index in [-0.39, 0.29) is 5.54 Å². The molecular weight excluding hydrogens is 196 g/mol. The monoisotopic (exact) mass is 214 g/mol. The molecule has 84 valence electrons. The Kier molecular flexibility index (Phi) is 3.09. The summed E-state index contributed by atoms with van der Waals surface area (Å²) in [5.41, 5.74) is 1.47. The second kappa shape index (κ2) is 4.52. The van der Waals surface area contributed by atoms with Crippen LogP contribution in [0.1, 0.15) is 25.8 Å². The first-order valence-corrected chi connectivity index (χ1v) is 5.72. The van der Waals surface area contributed by atoms with Crippen molar-refractivity contribution in [1.82, 2.24) is 9.78 Å². The third-order valence-electron chi connectivity index (χ3n) is 2.99. The van der Waals surface area contributed by atoms with Gasteiger partial charge in [-0.15, -0.1) is 0 Å². The van der Waals surface area contributed by atoms with E-state index in [0.717, 1.165) is 12.8 Å². The van der Waals surface area contributed by atoms with Crippen LogP contribution in [0.15, 0.2) is 48.8 Å². The Labute approximate surface area is 96.9 Å². The lowest BCUT2D eigenvalue weighted by Crippen LogP contribution is -2.27. The molecule has 1 aromatic carbocycles. The van der Waals surface area contributed by atoms with Gasteiger partial charge < -0.3 is 0 Å². The summed E-state index contributed by atoms with van der Waals surface area (Å²) < 4.78 is 2.04. The third-order valence-corrected chi connectivity index (χ3v) is 2.99. The molecule has 0 unspecified atom stereocenters. The van der Waals surface area contributed by atoms with Crippen LogP contribution in [0.2, 0.25) is 0 Å². The van der Waals surface area contributed by atoms with E-state index < -0.39 is 0 Å². The molecule has 0 atom stereocenters. The number of hydrogen-bond donors (Lipinski definition) is 0. The summed E-state index contributed by atoms with van der Waals surface area (Å²) in [5.74, 6) is 0. The molecule has 0 spiro atoms. The lowest BCUT2D eigenvalue weighted by atomic mass is 9.95. The molecule has 0 fully saturated rings. The number of aryl methyl sites for hydroxylation is 1. The summed E-state index contributed by atoms with van der Waals surface area (Å²) in [6, 6.07) is 12.6. The second-order valence-electron chi connectivity index (χ2n) is 4.75. The molecule has 0 saturated heterocycles. The Hall–Kier alpha value is -1.57. The summed E-state index contributed by atoms with van der Waals surface area (Å²) in [5, 5.41) is 4.32.